The minimum absolute atomic E-state index is 0.103. The number of aliphatic hydroxyl groups excluding tert-OH is 2. The Balaban J connectivity index is 1.77. The number of carbonyl (C=O) groups is 2. The van der Waals surface area contributed by atoms with Crippen molar-refractivity contribution in [1.82, 2.24) is 0 Å². The second kappa shape index (κ2) is 10.0. The standard InChI is InChI=1S/C30H42O6/c1-7-18(4)27(33)36-26-23-25(24(32)19(5)21-11-12-22(31)29(21,26)6)35-28(34)30(23)15-13-20(14-16-30)10-8-9-17(2)3/h7,9,11-13,19,21,23-26,28,32,34H,8,10,14-16H2,1-6H3. The van der Waals surface area contributed by atoms with Gasteiger partial charge in [0.2, 0.25) is 0 Å². The van der Waals surface area contributed by atoms with Gasteiger partial charge in [-0.1, -0.05) is 42.4 Å². The molecule has 1 saturated carbocycles. The molecule has 4 rings (SSSR count). The fourth-order valence-electron chi connectivity index (χ4n) is 7.05. The van der Waals surface area contributed by atoms with Crippen LogP contribution >= 0.6 is 0 Å². The summed E-state index contributed by atoms with van der Waals surface area (Å²) in [7, 11) is 0. The van der Waals surface area contributed by atoms with Gasteiger partial charge in [0, 0.05) is 16.9 Å². The lowest BCUT2D eigenvalue weighted by molar-refractivity contribution is -0.172. The highest BCUT2D eigenvalue weighted by atomic mass is 16.6. The predicted molar refractivity (Wildman–Crippen MR) is 138 cm³/mol. The molecular formula is C30H42O6. The number of ketones is 1. The maximum absolute atomic E-state index is 13.4. The van der Waals surface area contributed by atoms with Crippen LogP contribution in [0.5, 0.6) is 0 Å². The summed E-state index contributed by atoms with van der Waals surface area (Å²) in [5.41, 5.74) is 1.31. The van der Waals surface area contributed by atoms with Crippen LogP contribution in [0, 0.1) is 28.6 Å². The summed E-state index contributed by atoms with van der Waals surface area (Å²) in [5.74, 6) is -1.71. The van der Waals surface area contributed by atoms with E-state index in [-0.39, 0.29) is 17.6 Å². The summed E-state index contributed by atoms with van der Waals surface area (Å²) in [4.78, 5) is 26.6. The lowest BCUT2D eigenvalue weighted by Crippen LogP contribution is -2.54. The zero-order valence-electron chi connectivity index (χ0n) is 22.5. The molecule has 0 aromatic heterocycles. The average Bonchev–Trinajstić information content (AvgIpc) is 3.28. The first kappa shape index (κ1) is 27.0. The van der Waals surface area contributed by atoms with Gasteiger partial charge in [-0.15, -0.1) is 0 Å². The van der Waals surface area contributed by atoms with Crippen molar-refractivity contribution in [2.45, 2.75) is 98.2 Å². The molecule has 6 nitrogen and oxygen atoms in total. The Morgan fingerprint density at radius 3 is 2.61 bits per heavy atom. The molecule has 1 spiro atoms. The normalized spacial score (nSPS) is 42.0. The van der Waals surface area contributed by atoms with Crippen molar-refractivity contribution < 1.29 is 29.3 Å². The third-order valence-electron chi connectivity index (χ3n) is 9.52. The highest BCUT2D eigenvalue weighted by Gasteiger charge is 2.69. The fourth-order valence-corrected chi connectivity index (χ4v) is 7.05. The van der Waals surface area contributed by atoms with E-state index in [9.17, 15) is 19.8 Å². The van der Waals surface area contributed by atoms with Crippen LogP contribution in [0.4, 0.5) is 0 Å². The lowest BCUT2D eigenvalue weighted by atomic mass is 9.59. The van der Waals surface area contributed by atoms with Crippen LogP contribution in [-0.4, -0.2) is 46.6 Å². The topological polar surface area (TPSA) is 93.1 Å². The van der Waals surface area contributed by atoms with Crippen LogP contribution in [-0.2, 0) is 19.1 Å². The van der Waals surface area contributed by atoms with Gasteiger partial charge in [0.05, 0.1) is 17.6 Å². The van der Waals surface area contributed by atoms with Crippen LogP contribution < -0.4 is 0 Å². The Morgan fingerprint density at radius 1 is 1.28 bits per heavy atom. The van der Waals surface area contributed by atoms with E-state index >= 15 is 0 Å². The van der Waals surface area contributed by atoms with Gasteiger partial charge in [0.1, 0.15) is 6.10 Å². The van der Waals surface area contributed by atoms with Gasteiger partial charge in [0.15, 0.2) is 12.1 Å². The summed E-state index contributed by atoms with van der Waals surface area (Å²) >= 11 is 0. The first-order valence-electron chi connectivity index (χ1n) is 13.4. The summed E-state index contributed by atoms with van der Waals surface area (Å²) in [6.07, 6.45) is 9.90. The number of ether oxygens (including phenoxy) is 2. The van der Waals surface area contributed by atoms with Crippen LogP contribution in [0.1, 0.15) is 73.6 Å². The largest absolute Gasteiger partial charge is 0.458 e. The van der Waals surface area contributed by atoms with E-state index in [1.807, 2.05) is 19.9 Å². The van der Waals surface area contributed by atoms with Crippen molar-refractivity contribution in [2.75, 3.05) is 0 Å². The van der Waals surface area contributed by atoms with E-state index in [1.165, 1.54) is 11.1 Å². The molecule has 0 radical (unpaired) electrons. The molecular weight excluding hydrogens is 456 g/mol. The highest BCUT2D eigenvalue weighted by Crippen LogP contribution is 2.62. The monoisotopic (exact) mass is 498 g/mol. The number of esters is 1. The molecule has 2 fully saturated rings. The van der Waals surface area contributed by atoms with Gasteiger partial charge < -0.3 is 19.7 Å². The smallest absolute Gasteiger partial charge is 0.333 e. The van der Waals surface area contributed by atoms with E-state index in [1.54, 1.807) is 26.0 Å². The Morgan fingerprint density at radius 2 is 2.00 bits per heavy atom. The number of carbonyl (C=O) groups excluding carboxylic acids is 2. The number of fused-ring (bicyclic) bond motifs is 3. The minimum Gasteiger partial charge on any atom is -0.458 e. The zero-order valence-corrected chi connectivity index (χ0v) is 22.5. The second-order valence-corrected chi connectivity index (χ2v) is 11.8. The summed E-state index contributed by atoms with van der Waals surface area (Å²) in [6.45, 7) is 11.4. The summed E-state index contributed by atoms with van der Waals surface area (Å²) in [5, 5.41) is 22.8. The summed E-state index contributed by atoms with van der Waals surface area (Å²) in [6, 6.07) is 0. The van der Waals surface area contributed by atoms with Crippen molar-refractivity contribution in [1.29, 1.82) is 0 Å². The van der Waals surface area contributed by atoms with E-state index in [0.717, 1.165) is 19.3 Å². The van der Waals surface area contributed by atoms with Crippen LogP contribution in [0.3, 0.4) is 0 Å². The lowest BCUT2D eigenvalue weighted by Gasteiger charge is -2.47. The minimum atomic E-state index is -1.11. The Bertz CT molecular complexity index is 1020. The van der Waals surface area contributed by atoms with Crippen molar-refractivity contribution >= 4 is 11.8 Å². The Labute approximate surface area is 215 Å². The summed E-state index contributed by atoms with van der Waals surface area (Å²) < 4.78 is 12.4. The molecule has 9 atom stereocenters. The SMILES string of the molecule is CC=C(C)C(=O)OC1C2C(OC(O)C23CC=C(CCC=C(C)C)CC3)C(O)C(C)C2C=CC(=O)C21C. The number of hydrogen-bond acceptors (Lipinski definition) is 6. The van der Waals surface area contributed by atoms with Crippen molar-refractivity contribution in [3.05, 3.63) is 47.1 Å². The Hall–Kier alpha value is -2.02. The van der Waals surface area contributed by atoms with Gasteiger partial charge in [-0.25, -0.2) is 4.79 Å². The molecule has 0 aromatic carbocycles. The molecule has 198 valence electrons. The number of hydrogen-bond donors (Lipinski definition) is 2. The average molecular weight is 499 g/mol. The molecule has 9 unspecified atom stereocenters. The number of rotatable bonds is 5. The van der Waals surface area contributed by atoms with E-state index in [2.05, 4.69) is 26.0 Å². The number of allylic oxidation sites excluding steroid dienone is 7. The molecule has 6 heteroatoms. The maximum Gasteiger partial charge on any atom is 0.333 e. The predicted octanol–water partition coefficient (Wildman–Crippen LogP) is 4.81. The molecule has 1 saturated heterocycles. The third kappa shape index (κ3) is 4.25. The van der Waals surface area contributed by atoms with E-state index in [4.69, 9.17) is 9.47 Å². The molecule has 1 aliphatic heterocycles. The maximum atomic E-state index is 13.4. The Kier molecular flexibility index (Phi) is 7.53. The molecule has 3 aliphatic carbocycles. The van der Waals surface area contributed by atoms with Crippen LogP contribution in [0.15, 0.2) is 47.1 Å². The van der Waals surface area contributed by atoms with E-state index < -0.39 is 47.3 Å². The van der Waals surface area contributed by atoms with Gasteiger partial charge in [-0.05, 0) is 84.6 Å². The van der Waals surface area contributed by atoms with Crippen molar-refractivity contribution in [3.8, 4) is 0 Å². The molecule has 0 aromatic rings. The third-order valence-corrected chi connectivity index (χ3v) is 9.52. The van der Waals surface area contributed by atoms with Crippen molar-refractivity contribution in [3.63, 3.8) is 0 Å². The second-order valence-electron chi connectivity index (χ2n) is 11.8. The van der Waals surface area contributed by atoms with Gasteiger partial charge in [0.25, 0.3) is 0 Å². The molecule has 1 heterocycles. The highest BCUT2D eigenvalue weighted by molar-refractivity contribution is 5.98. The van der Waals surface area contributed by atoms with Crippen molar-refractivity contribution in [2.24, 2.45) is 28.6 Å². The first-order valence-corrected chi connectivity index (χ1v) is 13.4. The zero-order chi connectivity index (χ0) is 26.4. The van der Waals surface area contributed by atoms with Gasteiger partial charge in [-0.3, -0.25) is 4.79 Å². The quantitative estimate of drug-likeness (QED) is 0.321. The molecule has 2 N–H and O–H groups in total. The number of aliphatic hydroxyl groups is 2. The van der Waals surface area contributed by atoms with Gasteiger partial charge >= 0.3 is 5.97 Å². The molecule has 36 heavy (non-hydrogen) atoms. The fraction of sp³-hybridized carbons (Fsp3) is 0.667. The van der Waals surface area contributed by atoms with Gasteiger partial charge in [-0.2, -0.15) is 0 Å². The first-order chi connectivity index (χ1) is 17.0. The van der Waals surface area contributed by atoms with E-state index in [0.29, 0.717) is 18.4 Å². The molecule has 4 aliphatic rings. The van der Waals surface area contributed by atoms with Crippen LogP contribution in [0.25, 0.3) is 0 Å². The molecule has 0 amide bonds. The van der Waals surface area contributed by atoms with Crippen LogP contribution in [0.2, 0.25) is 0 Å². The molecule has 0 bridgehead atoms.